The molecule has 0 aliphatic heterocycles. The fraction of sp³-hybridized carbons (Fsp3) is 0.400. The third kappa shape index (κ3) is 9.98. The summed E-state index contributed by atoms with van der Waals surface area (Å²) in [5, 5.41) is 15.2. The van der Waals surface area contributed by atoms with Gasteiger partial charge in [0, 0.05) is 26.2 Å². The zero-order chi connectivity index (χ0) is 19.5. The Hall–Kier alpha value is -1.09. The molecule has 3 N–H and O–H groups in total. The van der Waals surface area contributed by atoms with Crippen molar-refractivity contribution in [1.82, 2.24) is 10.6 Å². The van der Waals surface area contributed by atoms with Gasteiger partial charge in [0.1, 0.15) is 12.4 Å². The molecule has 0 heterocycles. The molecule has 0 saturated heterocycles. The van der Waals surface area contributed by atoms with Crippen LogP contribution in [0.25, 0.3) is 0 Å². The van der Waals surface area contributed by atoms with Gasteiger partial charge in [-0.25, -0.2) is 4.39 Å². The Balaban J connectivity index is 0.00000392. The van der Waals surface area contributed by atoms with E-state index in [2.05, 4.69) is 26.6 Å². The second kappa shape index (κ2) is 15.7. The Morgan fingerprint density at radius 2 is 1.66 bits per heavy atom. The Labute approximate surface area is 192 Å². The smallest absolute Gasteiger partial charge is 0.175 e. The molecule has 0 aliphatic rings. The van der Waals surface area contributed by atoms with Crippen LogP contribution < -0.4 is 20.1 Å². The monoisotopic (exact) mass is 512 g/mol. The summed E-state index contributed by atoms with van der Waals surface area (Å²) >= 11 is 3.56. The molecule has 0 saturated carbocycles. The summed E-state index contributed by atoms with van der Waals surface area (Å²) in [6.07, 6.45) is 0. The summed E-state index contributed by atoms with van der Waals surface area (Å²) in [4.78, 5) is 0. The predicted octanol–water partition coefficient (Wildman–Crippen LogP) is 4.08. The third-order valence-electron chi connectivity index (χ3n) is 3.76. The second-order valence-electron chi connectivity index (χ2n) is 5.90. The number of benzene rings is 2. The Morgan fingerprint density at radius 3 is 2.31 bits per heavy atom. The number of rotatable bonds is 12. The first-order chi connectivity index (χ1) is 13.1. The molecule has 2 rings (SSSR count). The molecule has 5 nitrogen and oxygen atoms in total. The quantitative estimate of drug-likeness (QED) is 0.373. The fourth-order valence-corrected chi connectivity index (χ4v) is 3.08. The molecular weight excluding hydrogens is 486 g/mol. The highest BCUT2D eigenvalue weighted by atomic mass is 79.9. The summed E-state index contributed by atoms with van der Waals surface area (Å²) in [6.45, 7) is 5.80. The van der Waals surface area contributed by atoms with Gasteiger partial charge in [-0.1, -0.05) is 12.1 Å². The van der Waals surface area contributed by atoms with Crippen molar-refractivity contribution in [2.45, 2.75) is 20.1 Å². The summed E-state index contributed by atoms with van der Waals surface area (Å²) in [6, 6.07) is 10.2. The number of hydrogen-bond donors (Lipinski definition) is 3. The van der Waals surface area contributed by atoms with Crippen molar-refractivity contribution in [3.05, 3.63) is 57.8 Å². The maximum absolute atomic E-state index is 13.0. The highest BCUT2D eigenvalue weighted by Gasteiger charge is 2.12. The normalized spacial score (nSPS) is 10.1. The Kier molecular flexibility index (Phi) is 15.1. The van der Waals surface area contributed by atoms with Gasteiger partial charge in [0.05, 0.1) is 17.7 Å². The van der Waals surface area contributed by atoms with Crippen LogP contribution >= 0.6 is 40.7 Å². The largest absolute Gasteiger partial charge is 0.490 e. The first-order valence-corrected chi connectivity index (χ1v) is 9.78. The lowest BCUT2D eigenvalue weighted by atomic mass is 10.2. The lowest BCUT2D eigenvalue weighted by Crippen LogP contribution is -2.28. The number of nitrogens with one attached hydrogen (secondary N) is 2. The SMILES string of the molecule is CCOc1cc(CNCCNCCO)cc(Br)c1OCc1ccc(F)cc1.Cl.Cl. The van der Waals surface area contributed by atoms with E-state index in [0.717, 1.165) is 28.7 Å². The third-order valence-corrected chi connectivity index (χ3v) is 4.35. The molecule has 2 aromatic carbocycles. The van der Waals surface area contributed by atoms with Gasteiger partial charge in [0.2, 0.25) is 0 Å². The van der Waals surface area contributed by atoms with Gasteiger partial charge in [-0.3, -0.25) is 0 Å². The number of aliphatic hydroxyl groups is 1. The van der Waals surface area contributed by atoms with Gasteiger partial charge in [0.15, 0.2) is 11.5 Å². The van der Waals surface area contributed by atoms with Crippen LogP contribution in [0, 0.1) is 5.82 Å². The van der Waals surface area contributed by atoms with Gasteiger partial charge >= 0.3 is 0 Å². The molecule has 0 spiro atoms. The van der Waals surface area contributed by atoms with Gasteiger partial charge in [-0.05, 0) is 58.2 Å². The number of ether oxygens (including phenoxy) is 2. The first kappa shape index (κ1) is 27.9. The zero-order valence-electron chi connectivity index (χ0n) is 16.2. The van der Waals surface area contributed by atoms with E-state index in [1.54, 1.807) is 12.1 Å². The summed E-state index contributed by atoms with van der Waals surface area (Å²) < 4.78 is 25.5. The molecule has 0 unspecified atom stereocenters. The van der Waals surface area contributed by atoms with Gasteiger partial charge < -0.3 is 25.2 Å². The molecule has 9 heteroatoms. The lowest BCUT2D eigenvalue weighted by molar-refractivity contribution is 0.267. The molecular formula is C20H28BrCl2FN2O3. The summed E-state index contributed by atoms with van der Waals surface area (Å²) in [5.41, 5.74) is 1.95. The van der Waals surface area contributed by atoms with Crippen LogP contribution in [0.1, 0.15) is 18.1 Å². The molecule has 164 valence electrons. The van der Waals surface area contributed by atoms with Crippen LogP contribution in [0.5, 0.6) is 11.5 Å². The average Bonchev–Trinajstić information content (AvgIpc) is 2.65. The minimum absolute atomic E-state index is 0. The molecule has 0 amide bonds. The average molecular weight is 514 g/mol. The van der Waals surface area contributed by atoms with Gasteiger partial charge in [0.25, 0.3) is 0 Å². The standard InChI is InChI=1S/C20H26BrFN2O3.2ClH/c1-2-26-19-12-16(13-24-8-7-23-9-10-25)11-18(21)20(19)27-14-15-3-5-17(22)6-4-15;;/h3-6,11-12,23-25H,2,7-10,13-14H2,1H3;2*1H. The van der Waals surface area contributed by atoms with Gasteiger partial charge in [-0.2, -0.15) is 0 Å². The highest BCUT2D eigenvalue weighted by Crippen LogP contribution is 2.37. The van der Waals surface area contributed by atoms with E-state index >= 15 is 0 Å². The topological polar surface area (TPSA) is 62.8 Å². The van der Waals surface area contributed by atoms with Gasteiger partial charge in [-0.15, -0.1) is 24.8 Å². The minimum atomic E-state index is -0.265. The molecule has 0 aliphatic carbocycles. The van der Waals surface area contributed by atoms with E-state index in [4.69, 9.17) is 14.6 Å². The van der Waals surface area contributed by atoms with E-state index in [0.29, 0.717) is 37.8 Å². The zero-order valence-corrected chi connectivity index (χ0v) is 19.5. The molecule has 2 aromatic rings. The van der Waals surface area contributed by atoms with E-state index in [9.17, 15) is 4.39 Å². The molecule has 0 fully saturated rings. The number of hydrogen-bond acceptors (Lipinski definition) is 5. The van der Waals surface area contributed by atoms with E-state index in [1.165, 1.54) is 12.1 Å². The van der Waals surface area contributed by atoms with Crippen LogP contribution in [0.3, 0.4) is 0 Å². The van der Waals surface area contributed by atoms with Crippen molar-refractivity contribution >= 4 is 40.7 Å². The van der Waals surface area contributed by atoms with Crippen LogP contribution in [0.15, 0.2) is 40.9 Å². The number of aliphatic hydroxyl groups excluding tert-OH is 1. The van der Waals surface area contributed by atoms with Crippen LogP contribution in [0.4, 0.5) is 4.39 Å². The highest BCUT2D eigenvalue weighted by molar-refractivity contribution is 9.10. The minimum Gasteiger partial charge on any atom is -0.490 e. The van der Waals surface area contributed by atoms with Crippen molar-refractivity contribution in [3.8, 4) is 11.5 Å². The van der Waals surface area contributed by atoms with Crippen LogP contribution in [-0.4, -0.2) is 38.0 Å². The van der Waals surface area contributed by atoms with Crippen LogP contribution in [0.2, 0.25) is 0 Å². The summed E-state index contributed by atoms with van der Waals surface area (Å²) in [5.74, 6) is 1.04. The molecule has 0 aromatic heterocycles. The van der Waals surface area contributed by atoms with Crippen molar-refractivity contribution in [2.75, 3.05) is 32.8 Å². The van der Waals surface area contributed by atoms with Crippen LogP contribution in [-0.2, 0) is 13.2 Å². The first-order valence-electron chi connectivity index (χ1n) is 8.98. The second-order valence-corrected chi connectivity index (χ2v) is 6.76. The van der Waals surface area contributed by atoms with Crippen molar-refractivity contribution in [2.24, 2.45) is 0 Å². The predicted molar refractivity (Wildman–Crippen MR) is 122 cm³/mol. The molecule has 0 radical (unpaired) electrons. The summed E-state index contributed by atoms with van der Waals surface area (Å²) in [7, 11) is 0. The number of halogens is 4. The van der Waals surface area contributed by atoms with Crippen molar-refractivity contribution < 1.29 is 19.0 Å². The maximum atomic E-state index is 13.0. The Morgan fingerprint density at radius 1 is 0.966 bits per heavy atom. The van der Waals surface area contributed by atoms with E-state index in [1.807, 2.05) is 19.1 Å². The fourth-order valence-electron chi connectivity index (χ4n) is 2.48. The molecule has 0 bridgehead atoms. The molecule has 29 heavy (non-hydrogen) atoms. The molecule has 0 atom stereocenters. The maximum Gasteiger partial charge on any atom is 0.175 e. The lowest BCUT2D eigenvalue weighted by Gasteiger charge is -2.16. The van der Waals surface area contributed by atoms with Crippen molar-refractivity contribution in [1.29, 1.82) is 0 Å². The van der Waals surface area contributed by atoms with E-state index in [-0.39, 0.29) is 37.2 Å². The van der Waals surface area contributed by atoms with Crippen molar-refractivity contribution in [3.63, 3.8) is 0 Å². The Bertz CT molecular complexity index is 709. The van der Waals surface area contributed by atoms with E-state index < -0.39 is 0 Å².